The quantitative estimate of drug-likeness (QED) is 0.0944. The first-order valence-corrected chi connectivity index (χ1v) is 17.9. The Bertz CT molecular complexity index is 1630. The number of aryl methyl sites for hydroxylation is 2. The minimum absolute atomic E-state index is 0.00605. The highest BCUT2D eigenvalue weighted by atomic mass is 32.2. The van der Waals surface area contributed by atoms with Crippen LogP contribution in [0, 0.1) is 6.92 Å². The van der Waals surface area contributed by atoms with E-state index in [1.165, 1.54) is 24.8 Å². The SMILES string of the molecule is C=CCCCCO[C@H](C)C(=O)N1CCCC1C(=O)NC1CC1.COc1ccc2c(=O)cc(-c3ccnn3C)[nH]c2c1C.O=CNSC1CC1. The van der Waals surface area contributed by atoms with Gasteiger partial charge in [-0.2, -0.15) is 5.10 Å². The fraction of sp³-hybridized carbons (Fsp3) is 0.528. The van der Waals surface area contributed by atoms with Gasteiger partial charge in [-0.25, -0.2) is 0 Å². The molecule has 1 aromatic carbocycles. The zero-order valence-corrected chi connectivity index (χ0v) is 29.9. The maximum atomic E-state index is 12.5. The Balaban J connectivity index is 0.000000185. The number of carbonyl (C=O) groups is 3. The topological polar surface area (TPSA) is 148 Å². The number of ether oxygens (including phenoxy) is 2. The number of hydrogen-bond acceptors (Lipinski definition) is 8. The fourth-order valence-electron chi connectivity index (χ4n) is 5.53. The van der Waals surface area contributed by atoms with Crippen LogP contribution in [-0.2, 0) is 26.2 Å². The molecule has 3 heterocycles. The minimum atomic E-state index is -0.474. The molecule has 1 aliphatic heterocycles. The lowest BCUT2D eigenvalue weighted by Gasteiger charge is -2.26. The van der Waals surface area contributed by atoms with Gasteiger partial charge in [-0.05, 0) is 102 Å². The molecule has 6 rings (SSSR count). The summed E-state index contributed by atoms with van der Waals surface area (Å²) >= 11 is 1.52. The van der Waals surface area contributed by atoms with Crippen molar-refractivity contribution >= 4 is 41.1 Å². The average molecular weight is 695 g/mol. The Morgan fingerprint density at radius 2 is 1.96 bits per heavy atom. The van der Waals surface area contributed by atoms with E-state index in [9.17, 15) is 19.2 Å². The van der Waals surface area contributed by atoms with Gasteiger partial charge in [0.25, 0.3) is 5.91 Å². The number of allylic oxidation sites excluding steroid dienone is 1. The molecule has 3 aromatic rings. The highest BCUT2D eigenvalue weighted by Crippen LogP contribution is 2.31. The number of amides is 3. The van der Waals surface area contributed by atoms with Crippen LogP contribution in [0.4, 0.5) is 0 Å². The minimum Gasteiger partial charge on any atom is -0.496 e. The van der Waals surface area contributed by atoms with Gasteiger partial charge in [-0.1, -0.05) is 6.08 Å². The number of nitrogens with one attached hydrogen (secondary N) is 3. The number of benzene rings is 1. The van der Waals surface area contributed by atoms with Gasteiger partial charge >= 0.3 is 0 Å². The van der Waals surface area contributed by atoms with Crippen LogP contribution < -0.4 is 20.2 Å². The van der Waals surface area contributed by atoms with Crippen LogP contribution in [-0.4, -0.2) is 81.6 Å². The molecule has 0 bridgehead atoms. The molecular weight excluding hydrogens is 644 g/mol. The van der Waals surface area contributed by atoms with E-state index in [1.54, 1.807) is 41.9 Å². The Morgan fingerprint density at radius 3 is 2.59 bits per heavy atom. The van der Waals surface area contributed by atoms with E-state index in [1.807, 2.05) is 32.2 Å². The molecule has 0 spiro atoms. The summed E-state index contributed by atoms with van der Waals surface area (Å²) in [5.74, 6) is 0.707. The molecule has 0 radical (unpaired) electrons. The van der Waals surface area contributed by atoms with Crippen LogP contribution in [0.5, 0.6) is 5.75 Å². The number of aromatic nitrogens is 3. The highest BCUT2D eigenvalue weighted by molar-refractivity contribution is 7.98. The third-order valence-electron chi connectivity index (χ3n) is 8.62. The van der Waals surface area contributed by atoms with Crippen molar-refractivity contribution in [2.24, 2.45) is 7.05 Å². The number of rotatable bonds is 14. The summed E-state index contributed by atoms with van der Waals surface area (Å²) in [7, 11) is 3.47. The molecule has 49 heavy (non-hydrogen) atoms. The number of likely N-dealkylation sites (tertiary alicyclic amines) is 1. The van der Waals surface area contributed by atoms with Crippen LogP contribution in [0.2, 0.25) is 0 Å². The van der Waals surface area contributed by atoms with Crippen molar-refractivity contribution in [3.05, 3.63) is 58.9 Å². The summed E-state index contributed by atoms with van der Waals surface area (Å²) in [6, 6.07) is 7.10. The molecule has 1 unspecified atom stereocenters. The highest BCUT2D eigenvalue weighted by Gasteiger charge is 2.38. The van der Waals surface area contributed by atoms with Crippen molar-refractivity contribution < 1.29 is 23.9 Å². The van der Waals surface area contributed by atoms with Gasteiger partial charge < -0.3 is 29.4 Å². The van der Waals surface area contributed by atoms with Crippen molar-refractivity contribution in [3.8, 4) is 17.1 Å². The summed E-state index contributed by atoms with van der Waals surface area (Å²) in [4.78, 5) is 51.6. The summed E-state index contributed by atoms with van der Waals surface area (Å²) in [5, 5.41) is 8.52. The molecule has 2 saturated carbocycles. The van der Waals surface area contributed by atoms with E-state index >= 15 is 0 Å². The molecule has 13 heteroatoms. The maximum Gasteiger partial charge on any atom is 0.252 e. The Labute approximate surface area is 292 Å². The number of pyridine rings is 1. The van der Waals surface area contributed by atoms with Gasteiger partial charge in [0, 0.05) is 54.7 Å². The number of methoxy groups -OCH3 is 1. The molecule has 12 nitrogen and oxygen atoms in total. The van der Waals surface area contributed by atoms with E-state index in [0.29, 0.717) is 24.6 Å². The van der Waals surface area contributed by atoms with Crippen LogP contribution in [0.1, 0.15) is 70.3 Å². The largest absolute Gasteiger partial charge is 0.496 e. The number of unbranched alkanes of at least 4 members (excludes halogenated alkanes) is 2. The van der Waals surface area contributed by atoms with E-state index in [0.717, 1.165) is 84.8 Å². The molecule has 266 valence electrons. The molecule has 2 atom stereocenters. The monoisotopic (exact) mass is 694 g/mol. The fourth-order valence-corrected chi connectivity index (χ4v) is 6.15. The molecule has 1 saturated heterocycles. The van der Waals surface area contributed by atoms with Crippen LogP contribution in [0.25, 0.3) is 22.3 Å². The standard InChI is InChI=1S/C17H28N2O3.C15H15N3O2.C4H7NOS/c1-3-4-5-6-12-22-13(2)17(21)19-11-7-8-15(19)16(20)18-14-9-10-14;1-9-14(20-3)5-4-10-13(19)8-11(17-15(9)10)12-6-7-16-18(12)2;6-3-5-7-4-1-2-4/h3,13-15H,1,4-12H2,2H3,(H,18,20);4-8H,1-3H3,(H,17,19);3-4H,1-2H2,(H,5,6)/t13-,15?;;/m1../s1. The third-order valence-corrected chi connectivity index (χ3v) is 9.66. The van der Waals surface area contributed by atoms with Gasteiger partial charge in [-0.3, -0.25) is 23.9 Å². The van der Waals surface area contributed by atoms with Crippen LogP contribution >= 0.6 is 11.9 Å². The first-order valence-electron chi connectivity index (χ1n) is 17.1. The average Bonchev–Trinajstić information content (AvgIpc) is 4.01. The summed E-state index contributed by atoms with van der Waals surface area (Å²) < 4.78 is 15.2. The summed E-state index contributed by atoms with van der Waals surface area (Å²) in [6.45, 7) is 8.64. The first-order chi connectivity index (χ1) is 23.7. The number of aromatic amines is 1. The second-order valence-electron chi connectivity index (χ2n) is 12.5. The van der Waals surface area contributed by atoms with Crippen LogP contribution in [0.3, 0.4) is 0 Å². The lowest BCUT2D eigenvalue weighted by Crippen LogP contribution is -2.49. The lowest BCUT2D eigenvalue weighted by molar-refractivity contribution is -0.147. The zero-order valence-electron chi connectivity index (χ0n) is 29.0. The Kier molecular flexibility index (Phi) is 14.3. The van der Waals surface area contributed by atoms with E-state index < -0.39 is 6.10 Å². The number of carbonyl (C=O) groups excluding carboxylic acids is 3. The molecule has 3 fully saturated rings. The zero-order chi connectivity index (χ0) is 35.3. The second kappa shape index (κ2) is 18.6. The Hall–Kier alpha value is -4.10. The number of hydrogen-bond donors (Lipinski definition) is 3. The van der Waals surface area contributed by atoms with E-state index in [2.05, 4.69) is 26.7 Å². The number of H-pyrrole nitrogens is 1. The van der Waals surface area contributed by atoms with Crippen molar-refractivity contribution in [2.45, 2.75) is 95.1 Å². The molecule has 3 aliphatic rings. The van der Waals surface area contributed by atoms with Crippen molar-refractivity contribution in [1.82, 2.24) is 29.7 Å². The third kappa shape index (κ3) is 10.9. The Morgan fingerprint density at radius 1 is 1.18 bits per heavy atom. The van der Waals surface area contributed by atoms with Crippen LogP contribution in [0.15, 0.2) is 47.9 Å². The smallest absolute Gasteiger partial charge is 0.252 e. The van der Waals surface area contributed by atoms with Crippen molar-refractivity contribution in [3.63, 3.8) is 0 Å². The first kappa shape index (κ1) is 37.7. The molecular formula is C36H50N6O6S. The molecule has 2 aromatic heterocycles. The van der Waals surface area contributed by atoms with Crippen molar-refractivity contribution in [2.75, 3.05) is 20.3 Å². The van der Waals surface area contributed by atoms with Gasteiger partial charge in [0.15, 0.2) is 5.43 Å². The molecule has 3 amide bonds. The van der Waals surface area contributed by atoms with Gasteiger partial charge in [0.1, 0.15) is 17.9 Å². The number of fused-ring (bicyclic) bond motifs is 1. The summed E-state index contributed by atoms with van der Waals surface area (Å²) in [6.07, 6.45) is 13.1. The maximum absolute atomic E-state index is 12.5. The summed E-state index contributed by atoms with van der Waals surface area (Å²) in [5.41, 5.74) is 3.32. The predicted molar refractivity (Wildman–Crippen MR) is 193 cm³/mol. The molecule has 3 N–H and O–H groups in total. The lowest BCUT2D eigenvalue weighted by atomic mass is 10.1. The van der Waals surface area contributed by atoms with Gasteiger partial charge in [0.2, 0.25) is 12.3 Å². The molecule has 2 aliphatic carbocycles. The van der Waals surface area contributed by atoms with Crippen molar-refractivity contribution in [1.29, 1.82) is 0 Å². The predicted octanol–water partition coefficient (Wildman–Crippen LogP) is 4.81. The van der Waals surface area contributed by atoms with E-state index in [-0.39, 0.29) is 23.3 Å². The van der Waals surface area contributed by atoms with Gasteiger partial charge in [0.05, 0.1) is 24.0 Å². The normalized spacial score (nSPS) is 17.2. The van der Waals surface area contributed by atoms with E-state index in [4.69, 9.17) is 9.47 Å². The number of nitrogens with zero attached hydrogens (tertiary/aromatic N) is 3. The van der Waals surface area contributed by atoms with Gasteiger partial charge in [-0.15, -0.1) is 6.58 Å². The second-order valence-corrected chi connectivity index (χ2v) is 13.7.